The van der Waals surface area contributed by atoms with Gasteiger partial charge in [0.05, 0.1) is 18.9 Å². The first-order chi connectivity index (χ1) is 20.0. The average molecular weight is 583 g/mol. The molecule has 218 valence electrons. The number of hydrogen-bond acceptors (Lipinski definition) is 6. The van der Waals surface area contributed by atoms with Crippen LogP contribution < -0.4 is 24.2 Å². The fraction of sp³-hybridized carbons (Fsp3) is 0.455. The zero-order chi connectivity index (χ0) is 29.0. The molecule has 1 aliphatic carbocycles. The maximum absolute atomic E-state index is 13.4. The van der Waals surface area contributed by atoms with Crippen molar-refractivity contribution in [2.45, 2.75) is 77.0 Å². The molecule has 1 amide bonds. The van der Waals surface area contributed by atoms with Gasteiger partial charge < -0.3 is 15.2 Å². The third-order valence-electron chi connectivity index (χ3n) is 7.97. The van der Waals surface area contributed by atoms with E-state index in [0.29, 0.717) is 24.3 Å². The molecule has 3 aromatic rings. The van der Waals surface area contributed by atoms with E-state index in [0.717, 1.165) is 46.6 Å². The molecule has 0 aliphatic heterocycles. The summed E-state index contributed by atoms with van der Waals surface area (Å²) in [6.45, 7) is 2.39. The molecule has 42 heavy (non-hydrogen) atoms. The van der Waals surface area contributed by atoms with Crippen molar-refractivity contribution in [2.75, 3.05) is 12.0 Å². The molecule has 1 saturated carbocycles. The Bertz CT molecular complexity index is 1290. The topological polar surface area (TPSA) is 101 Å². The molecule has 9 heteroatoms. The second kappa shape index (κ2) is 17.5. The van der Waals surface area contributed by atoms with Crippen LogP contribution in [0.1, 0.15) is 84.5 Å². The summed E-state index contributed by atoms with van der Waals surface area (Å²) < 4.78 is 6.52. The normalized spacial score (nSPS) is 14.9. The number of benzene rings is 2. The summed E-state index contributed by atoms with van der Waals surface area (Å²) in [7, 11) is 0. The molecule has 1 heterocycles. The molecule has 1 aliphatic rings. The minimum Gasteiger partial charge on any atom is -0.480 e. The molecular weight excluding hydrogens is 541 g/mol. The number of aliphatic carboxylic acids is 1. The van der Waals surface area contributed by atoms with Crippen LogP contribution in [0.2, 0.25) is 0 Å². The van der Waals surface area contributed by atoms with Crippen LogP contribution in [0.3, 0.4) is 0 Å². The number of aromatic nitrogens is 2. The fourth-order valence-electron chi connectivity index (χ4n) is 5.60. The Labute approximate surface area is 265 Å². The van der Waals surface area contributed by atoms with Gasteiger partial charge in [-0.15, -0.1) is 0 Å². The SMILES string of the molecule is CSCCC(NC(=O)c1ccc(COC(CCC2CCCCC2)c2ccnnc2)cc1-c1ccccc1C)C(=O)O.[Li+]. The maximum Gasteiger partial charge on any atom is 1.00 e. The third-order valence-corrected chi connectivity index (χ3v) is 8.61. The summed E-state index contributed by atoms with van der Waals surface area (Å²) in [6.07, 6.45) is 14.3. The first-order valence-electron chi connectivity index (χ1n) is 14.6. The van der Waals surface area contributed by atoms with Crippen molar-refractivity contribution in [1.82, 2.24) is 15.5 Å². The van der Waals surface area contributed by atoms with Gasteiger partial charge in [-0.2, -0.15) is 22.0 Å². The van der Waals surface area contributed by atoms with Crippen LogP contribution in [0.4, 0.5) is 0 Å². The molecule has 0 spiro atoms. The number of carbonyl (C=O) groups is 2. The van der Waals surface area contributed by atoms with E-state index in [1.807, 2.05) is 55.6 Å². The molecule has 2 unspecified atom stereocenters. The van der Waals surface area contributed by atoms with Gasteiger partial charge in [0.15, 0.2) is 0 Å². The summed E-state index contributed by atoms with van der Waals surface area (Å²) >= 11 is 1.56. The van der Waals surface area contributed by atoms with Crippen molar-refractivity contribution in [2.24, 2.45) is 5.92 Å². The molecule has 2 atom stereocenters. The molecule has 0 bridgehead atoms. The van der Waals surface area contributed by atoms with Crippen molar-refractivity contribution >= 4 is 23.6 Å². The van der Waals surface area contributed by atoms with Crippen LogP contribution >= 0.6 is 11.8 Å². The second-order valence-electron chi connectivity index (χ2n) is 10.9. The van der Waals surface area contributed by atoms with Gasteiger partial charge in [0.1, 0.15) is 6.04 Å². The zero-order valence-corrected chi connectivity index (χ0v) is 25.9. The number of carboxylic acids is 1. The van der Waals surface area contributed by atoms with Crippen LogP contribution in [0.5, 0.6) is 0 Å². The maximum atomic E-state index is 13.4. The monoisotopic (exact) mass is 582 g/mol. The molecule has 2 aromatic carbocycles. The van der Waals surface area contributed by atoms with E-state index < -0.39 is 17.9 Å². The van der Waals surface area contributed by atoms with Gasteiger partial charge in [0.25, 0.3) is 5.91 Å². The number of nitrogens with zero attached hydrogens (tertiary/aromatic N) is 2. The van der Waals surface area contributed by atoms with E-state index in [1.165, 1.54) is 32.1 Å². The van der Waals surface area contributed by atoms with Crippen LogP contribution in [-0.4, -0.2) is 45.2 Å². The average Bonchev–Trinajstić information content (AvgIpc) is 3.00. The van der Waals surface area contributed by atoms with E-state index in [-0.39, 0.29) is 25.0 Å². The zero-order valence-electron chi connectivity index (χ0n) is 25.1. The van der Waals surface area contributed by atoms with E-state index in [9.17, 15) is 14.7 Å². The number of aryl methyl sites for hydroxylation is 1. The minimum absolute atomic E-state index is 0. The van der Waals surface area contributed by atoms with Crippen molar-refractivity contribution in [3.63, 3.8) is 0 Å². The van der Waals surface area contributed by atoms with E-state index in [2.05, 4.69) is 15.5 Å². The molecular formula is C33H41LiN3O4S+. The standard InChI is InChI=1S/C33H41N3O4S.Li/c1-23-8-6-7-11-27(23)29-20-25(12-14-28(29)32(37)36-30(33(38)39)17-19-41-2)22-40-31(26-16-18-34-35-21-26)15-13-24-9-4-3-5-10-24;/h6-8,11-12,14,16,18,20-21,24,30-31H,3-5,9-10,13,15,17,19,22H2,1-2H3,(H,36,37)(H,38,39);/q;+1. The van der Waals surface area contributed by atoms with Crippen molar-refractivity contribution in [1.29, 1.82) is 0 Å². The van der Waals surface area contributed by atoms with Gasteiger partial charge in [-0.3, -0.25) is 4.79 Å². The molecule has 2 N–H and O–H groups in total. The number of carboxylic acid groups (broad SMARTS) is 1. The minimum atomic E-state index is -1.03. The van der Waals surface area contributed by atoms with Crippen molar-refractivity contribution < 1.29 is 38.3 Å². The predicted octanol–water partition coefficient (Wildman–Crippen LogP) is 4.01. The number of amides is 1. The Kier molecular flexibility index (Phi) is 14.1. The van der Waals surface area contributed by atoms with Crippen LogP contribution in [0.25, 0.3) is 11.1 Å². The number of ether oxygens (including phenoxy) is 1. The number of thioether (sulfide) groups is 1. The third kappa shape index (κ3) is 9.70. The van der Waals surface area contributed by atoms with Crippen LogP contribution in [0.15, 0.2) is 60.9 Å². The summed E-state index contributed by atoms with van der Waals surface area (Å²) in [5.41, 5.74) is 5.15. The number of hydrogen-bond donors (Lipinski definition) is 2. The Morgan fingerprint density at radius 1 is 1.05 bits per heavy atom. The predicted molar refractivity (Wildman–Crippen MR) is 164 cm³/mol. The van der Waals surface area contributed by atoms with Gasteiger partial charge in [-0.1, -0.05) is 62.4 Å². The quantitative estimate of drug-likeness (QED) is 0.277. The fourth-order valence-corrected chi connectivity index (χ4v) is 6.07. The number of nitrogens with one attached hydrogen (secondary N) is 1. The first kappa shape index (κ1) is 33.9. The Hall–Kier alpha value is -2.63. The summed E-state index contributed by atoms with van der Waals surface area (Å²) in [4.78, 5) is 25.2. The van der Waals surface area contributed by atoms with Crippen molar-refractivity contribution in [3.05, 3.63) is 83.2 Å². The van der Waals surface area contributed by atoms with E-state index >= 15 is 0 Å². The molecule has 1 fully saturated rings. The van der Waals surface area contributed by atoms with Crippen molar-refractivity contribution in [3.8, 4) is 11.1 Å². The Balaban J connectivity index is 0.00000484. The molecule has 1 aromatic heterocycles. The summed E-state index contributed by atoms with van der Waals surface area (Å²) in [5, 5.41) is 20.4. The molecule has 4 rings (SSSR count). The summed E-state index contributed by atoms with van der Waals surface area (Å²) in [5.74, 6) is -0.0228. The smallest absolute Gasteiger partial charge is 0.480 e. The van der Waals surface area contributed by atoms with Crippen LogP contribution in [0, 0.1) is 12.8 Å². The number of carbonyl (C=O) groups excluding carboxylic acids is 1. The van der Waals surface area contributed by atoms with E-state index in [1.54, 1.807) is 30.2 Å². The van der Waals surface area contributed by atoms with Gasteiger partial charge in [-0.05, 0) is 84.6 Å². The Morgan fingerprint density at radius 3 is 2.52 bits per heavy atom. The largest absolute Gasteiger partial charge is 1.00 e. The molecule has 0 saturated heterocycles. The van der Waals surface area contributed by atoms with Gasteiger partial charge >= 0.3 is 24.8 Å². The van der Waals surface area contributed by atoms with Gasteiger partial charge in [0, 0.05) is 17.3 Å². The first-order valence-corrected chi connectivity index (χ1v) is 16.0. The Morgan fingerprint density at radius 2 is 1.83 bits per heavy atom. The second-order valence-corrected chi connectivity index (χ2v) is 11.9. The molecule has 7 nitrogen and oxygen atoms in total. The molecule has 0 radical (unpaired) electrons. The van der Waals surface area contributed by atoms with E-state index in [4.69, 9.17) is 4.74 Å². The number of rotatable bonds is 14. The van der Waals surface area contributed by atoms with Gasteiger partial charge in [-0.25, -0.2) is 4.79 Å². The summed E-state index contributed by atoms with van der Waals surface area (Å²) in [6, 6.07) is 14.6. The van der Waals surface area contributed by atoms with Gasteiger partial charge in [0.2, 0.25) is 0 Å². The van der Waals surface area contributed by atoms with Crippen LogP contribution in [-0.2, 0) is 16.1 Å².